The third-order valence-electron chi connectivity index (χ3n) is 2.82. The normalized spacial score (nSPS) is 24.5. The molecule has 1 aliphatic heterocycles. The van der Waals surface area contributed by atoms with E-state index >= 15 is 0 Å². The van der Waals surface area contributed by atoms with E-state index in [4.69, 9.17) is 4.74 Å². The van der Waals surface area contributed by atoms with Gasteiger partial charge in [0.15, 0.2) is 0 Å². The van der Waals surface area contributed by atoms with Crippen molar-refractivity contribution in [3.05, 3.63) is 0 Å². The number of carbonyl (C=O) groups is 1. The van der Waals surface area contributed by atoms with Gasteiger partial charge in [0, 0.05) is 13.0 Å². The van der Waals surface area contributed by atoms with Crippen molar-refractivity contribution in [3.63, 3.8) is 0 Å². The highest BCUT2D eigenvalue weighted by molar-refractivity contribution is 5.70. The number of hydrogen-bond donors (Lipinski definition) is 0. The first-order chi connectivity index (χ1) is 7.84. The van der Waals surface area contributed by atoms with Gasteiger partial charge in [-0.3, -0.25) is 9.29 Å². The van der Waals surface area contributed by atoms with Crippen molar-refractivity contribution in [3.8, 4) is 6.07 Å². The molecule has 0 N–H and O–H groups in total. The molecule has 1 saturated heterocycles. The molecule has 0 aromatic heterocycles. The fraction of sp³-hybridized carbons (Fsp3) is 0.833. The van der Waals surface area contributed by atoms with Gasteiger partial charge in [0.25, 0.3) is 0 Å². The molecule has 96 valence electrons. The highest BCUT2D eigenvalue weighted by Crippen LogP contribution is 2.33. The van der Waals surface area contributed by atoms with Gasteiger partial charge in [-0.1, -0.05) is 0 Å². The number of halogens is 1. The molecule has 0 aliphatic carbocycles. The van der Waals surface area contributed by atoms with Crippen LogP contribution >= 0.6 is 0 Å². The first kappa shape index (κ1) is 13.8. The Morgan fingerprint density at radius 2 is 2.24 bits per heavy atom. The lowest BCUT2D eigenvalue weighted by atomic mass is 9.95. The Hall–Kier alpha value is -1.31. The van der Waals surface area contributed by atoms with Crippen LogP contribution in [0.1, 0.15) is 40.0 Å². The van der Waals surface area contributed by atoms with Gasteiger partial charge in [0.2, 0.25) is 0 Å². The topological polar surface area (TPSA) is 53.3 Å². The summed E-state index contributed by atoms with van der Waals surface area (Å²) < 4.78 is 17.8. The highest BCUT2D eigenvalue weighted by atomic mass is 19.1. The van der Waals surface area contributed by atoms with Crippen LogP contribution in [0.4, 0.5) is 9.18 Å². The minimum absolute atomic E-state index is 0.0583. The van der Waals surface area contributed by atoms with Crippen molar-refractivity contribution < 1.29 is 13.9 Å². The lowest BCUT2D eigenvalue weighted by Gasteiger charge is -2.33. The summed E-state index contributed by atoms with van der Waals surface area (Å²) in [6, 6.07) is 2.08. The Labute approximate surface area is 101 Å². The van der Waals surface area contributed by atoms with E-state index in [0.717, 1.165) is 0 Å². The van der Waals surface area contributed by atoms with Crippen LogP contribution < -0.4 is 0 Å². The molecule has 4 nitrogen and oxygen atoms in total. The average molecular weight is 242 g/mol. The van der Waals surface area contributed by atoms with Gasteiger partial charge in [-0.2, -0.15) is 5.26 Å². The number of amides is 1. The van der Waals surface area contributed by atoms with Crippen LogP contribution in [-0.2, 0) is 4.74 Å². The number of carbonyl (C=O) groups excluding carboxylic acids is 1. The summed E-state index contributed by atoms with van der Waals surface area (Å²) in [4.78, 5) is 13.3. The van der Waals surface area contributed by atoms with Crippen LogP contribution in [0.3, 0.4) is 0 Å². The van der Waals surface area contributed by atoms with E-state index in [1.165, 1.54) is 4.90 Å². The number of hydrogen-bond acceptors (Lipinski definition) is 3. The minimum Gasteiger partial charge on any atom is -0.444 e. The van der Waals surface area contributed by atoms with E-state index in [1.54, 1.807) is 20.8 Å². The number of likely N-dealkylation sites (tertiary alicyclic amines) is 1. The molecule has 0 aromatic carbocycles. The zero-order valence-corrected chi connectivity index (χ0v) is 10.6. The van der Waals surface area contributed by atoms with E-state index in [-0.39, 0.29) is 6.42 Å². The molecule has 0 spiro atoms. The number of rotatable bonds is 2. The molecule has 0 aromatic rings. The van der Waals surface area contributed by atoms with Crippen LogP contribution in [0.5, 0.6) is 0 Å². The minimum atomic E-state index is -1.02. The molecule has 1 amide bonds. The summed E-state index contributed by atoms with van der Waals surface area (Å²) >= 11 is 0. The van der Waals surface area contributed by atoms with Gasteiger partial charge in [0.1, 0.15) is 11.1 Å². The summed E-state index contributed by atoms with van der Waals surface area (Å²) in [5, 5.41) is 9.20. The molecule has 1 unspecified atom stereocenters. The van der Waals surface area contributed by atoms with Gasteiger partial charge < -0.3 is 4.74 Å². The SMILES string of the molecule is CC(C)(C)OC(=O)N1CCCC1(C#N)CCF. The summed E-state index contributed by atoms with van der Waals surface area (Å²) in [5.41, 5.74) is -1.62. The Bertz CT molecular complexity index is 332. The van der Waals surface area contributed by atoms with Gasteiger partial charge >= 0.3 is 6.09 Å². The molecular formula is C12H19FN2O2. The molecule has 0 bridgehead atoms. The zero-order valence-electron chi connectivity index (χ0n) is 10.6. The van der Waals surface area contributed by atoms with E-state index in [1.807, 2.05) is 0 Å². The van der Waals surface area contributed by atoms with Crippen molar-refractivity contribution in [1.82, 2.24) is 4.90 Å². The van der Waals surface area contributed by atoms with Crippen molar-refractivity contribution in [2.45, 2.75) is 51.2 Å². The predicted octanol–water partition coefficient (Wildman–Crippen LogP) is 2.64. The molecule has 1 aliphatic rings. The quantitative estimate of drug-likeness (QED) is 0.748. The monoisotopic (exact) mass is 242 g/mol. The summed E-state index contributed by atoms with van der Waals surface area (Å²) in [6.07, 6.45) is 0.771. The van der Waals surface area contributed by atoms with Crippen LogP contribution in [-0.4, -0.2) is 35.4 Å². The average Bonchev–Trinajstić information content (AvgIpc) is 2.60. The van der Waals surface area contributed by atoms with Gasteiger partial charge in [-0.25, -0.2) is 4.79 Å². The third-order valence-corrected chi connectivity index (χ3v) is 2.82. The van der Waals surface area contributed by atoms with Crippen molar-refractivity contribution in [1.29, 1.82) is 5.26 Å². The second kappa shape index (κ2) is 4.91. The number of nitrogens with zero attached hydrogens (tertiary/aromatic N) is 2. The number of ether oxygens (including phenoxy) is 1. The molecule has 1 heterocycles. The molecule has 1 rings (SSSR count). The predicted molar refractivity (Wildman–Crippen MR) is 61.1 cm³/mol. The Morgan fingerprint density at radius 1 is 1.59 bits per heavy atom. The van der Waals surface area contributed by atoms with E-state index in [0.29, 0.717) is 19.4 Å². The number of nitriles is 1. The zero-order chi connectivity index (χ0) is 13.1. The second-order valence-electron chi connectivity index (χ2n) is 5.32. The van der Waals surface area contributed by atoms with E-state index in [9.17, 15) is 14.4 Å². The van der Waals surface area contributed by atoms with Crippen molar-refractivity contribution in [2.24, 2.45) is 0 Å². The van der Waals surface area contributed by atoms with Crippen LogP contribution in [0.2, 0.25) is 0 Å². The van der Waals surface area contributed by atoms with Gasteiger partial charge in [-0.05, 0) is 33.6 Å². The Morgan fingerprint density at radius 3 is 2.71 bits per heavy atom. The van der Waals surface area contributed by atoms with E-state index in [2.05, 4.69) is 6.07 Å². The lowest BCUT2D eigenvalue weighted by Crippen LogP contribution is -2.48. The standard InChI is InChI=1S/C12H19FN2O2/c1-11(2,3)17-10(16)15-8-4-5-12(15,9-14)6-7-13/h4-8H2,1-3H3. The van der Waals surface area contributed by atoms with E-state index < -0.39 is 23.9 Å². The van der Waals surface area contributed by atoms with Crippen LogP contribution in [0, 0.1) is 11.3 Å². The van der Waals surface area contributed by atoms with Crippen molar-refractivity contribution in [2.75, 3.05) is 13.2 Å². The molecule has 17 heavy (non-hydrogen) atoms. The van der Waals surface area contributed by atoms with Gasteiger partial charge in [0.05, 0.1) is 12.7 Å². The maximum absolute atomic E-state index is 12.5. The molecule has 0 saturated carbocycles. The summed E-state index contributed by atoms with van der Waals surface area (Å²) in [5.74, 6) is 0. The first-order valence-electron chi connectivity index (χ1n) is 5.82. The van der Waals surface area contributed by atoms with Gasteiger partial charge in [-0.15, -0.1) is 0 Å². The smallest absolute Gasteiger partial charge is 0.411 e. The lowest BCUT2D eigenvalue weighted by molar-refractivity contribution is 0.0140. The molecule has 0 radical (unpaired) electrons. The second-order valence-corrected chi connectivity index (χ2v) is 5.32. The summed E-state index contributed by atoms with van der Waals surface area (Å²) in [6.45, 7) is 5.16. The largest absolute Gasteiger partial charge is 0.444 e. The fourth-order valence-corrected chi connectivity index (χ4v) is 2.05. The first-order valence-corrected chi connectivity index (χ1v) is 5.82. The van der Waals surface area contributed by atoms with Crippen LogP contribution in [0.25, 0.3) is 0 Å². The molecule has 1 fully saturated rings. The Kier molecular flexibility index (Phi) is 3.97. The fourth-order valence-electron chi connectivity index (χ4n) is 2.05. The third kappa shape index (κ3) is 3.09. The molecule has 1 atom stereocenters. The number of alkyl halides is 1. The van der Waals surface area contributed by atoms with Crippen molar-refractivity contribution >= 4 is 6.09 Å². The maximum atomic E-state index is 12.5. The Balaban J connectivity index is 2.82. The summed E-state index contributed by atoms with van der Waals surface area (Å²) in [7, 11) is 0. The molecular weight excluding hydrogens is 223 g/mol. The highest BCUT2D eigenvalue weighted by Gasteiger charge is 2.45. The van der Waals surface area contributed by atoms with Crippen LogP contribution in [0.15, 0.2) is 0 Å². The molecule has 5 heteroatoms. The maximum Gasteiger partial charge on any atom is 0.411 e.